The molecule has 3 fully saturated rings. The van der Waals surface area contributed by atoms with Crippen LogP contribution in [0, 0.1) is 28.6 Å². The number of fused-ring (bicyclic) bond motifs is 1. The normalized spacial score (nSPS) is 42.1. The molecule has 0 saturated heterocycles. The van der Waals surface area contributed by atoms with Crippen LogP contribution < -0.4 is 0 Å². The molecule has 3 atom stereocenters. The summed E-state index contributed by atoms with van der Waals surface area (Å²) in [6, 6.07) is 0. The minimum atomic E-state index is -0.306. The van der Waals surface area contributed by atoms with E-state index in [1.54, 1.807) is 0 Å². The van der Waals surface area contributed by atoms with E-state index in [1.807, 2.05) is 6.92 Å². The number of aliphatic hydroxyl groups is 2. The van der Waals surface area contributed by atoms with Crippen molar-refractivity contribution < 1.29 is 10.2 Å². The Bertz CT molecular complexity index is 345. The molecular weight excluding hydrogens is 284 g/mol. The van der Waals surface area contributed by atoms with Crippen LogP contribution in [0.5, 0.6) is 0 Å². The van der Waals surface area contributed by atoms with Gasteiger partial charge in [0.2, 0.25) is 0 Å². The Kier molecular flexibility index (Phi) is 6.41. The van der Waals surface area contributed by atoms with Crippen molar-refractivity contribution in [2.24, 2.45) is 28.6 Å². The Morgan fingerprint density at radius 3 is 1.61 bits per heavy atom. The third-order valence-corrected chi connectivity index (χ3v) is 7.92. The maximum absolute atomic E-state index is 10.1. The molecule has 0 heterocycles. The van der Waals surface area contributed by atoms with E-state index in [2.05, 4.69) is 34.6 Å². The second-order valence-corrected chi connectivity index (χ2v) is 9.33. The maximum Gasteiger partial charge on any atom is 0.0764 e. The molecule has 0 aromatic heterocycles. The first-order valence-electron chi connectivity index (χ1n) is 9.47. The van der Waals surface area contributed by atoms with Crippen molar-refractivity contribution in [2.45, 2.75) is 106 Å². The number of rotatable bonds is 2. The molecule has 3 saturated carbocycles. The molecule has 2 nitrogen and oxygen atoms in total. The number of hydrogen-bond donors (Lipinski definition) is 2. The summed E-state index contributed by atoms with van der Waals surface area (Å²) in [5.74, 6) is 2.33. The van der Waals surface area contributed by atoms with Crippen LogP contribution in [0.1, 0.15) is 93.9 Å². The van der Waals surface area contributed by atoms with Crippen molar-refractivity contribution >= 4 is 0 Å². The van der Waals surface area contributed by atoms with Gasteiger partial charge in [-0.05, 0) is 69.6 Å². The lowest BCUT2D eigenvalue weighted by Crippen LogP contribution is -2.25. The smallest absolute Gasteiger partial charge is 0.0764 e. The summed E-state index contributed by atoms with van der Waals surface area (Å²) in [5, 5.41) is 19.5. The summed E-state index contributed by atoms with van der Waals surface area (Å²) in [6.07, 6.45) is 8.50. The topological polar surface area (TPSA) is 40.5 Å². The van der Waals surface area contributed by atoms with Crippen LogP contribution in [0.2, 0.25) is 0 Å². The summed E-state index contributed by atoms with van der Waals surface area (Å²) in [6.45, 7) is 13.2. The van der Waals surface area contributed by atoms with Crippen LogP contribution in [0.25, 0.3) is 0 Å². The minimum Gasteiger partial charge on any atom is -0.393 e. The first-order valence-corrected chi connectivity index (χ1v) is 9.47. The third-order valence-electron chi connectivity index (χ3n) is 7.92. The molecule has 0 amide bonds. The summed E-state index contributed by atoms with van der Waals surface area (Å²) in [5.41, 5.74) is 0.137. The average molecular weight is 327 g/mol. The van der Waals surface area contributed by atoms with Crippen molar-refractivity contribution in [2.75, 3.05) is 0 Å². The lowest BCUT2D eigenvalue weighted by molar-refractivity contribution is 0.0810. The van der Waals surface area contributed by atoms with Crippen molar-refractivity contribution in [1.82, 2.24) is 0 Å². The van der Waals surface area contributed by atoms with Crippen molar-refractivity contribution in [3.05, 3.63) is 0 Å². The van der Waals surface area contributed by atoms with E-state index in [9.17, 15) is 10.2 Å². The van der Waals surface area contributed by atoms with Gasteiger partial charge < -0.3 is 10.2 Å². The molecule has 138 valence electrons. The highest BCUT2D eigenvalue weighted by Crippen LogP contribution is 2.78. The molecular formula is C21H42O2. The van der Waals surface area contributed by atoms with Crippen LogP contribution in [-0.4, -0.2) is 21.9 Å². The fraction of sp³-hybridized carbons (Fsp3) is 1.00. The lowest BCUT2D eigenvalue weighted by Gasteiger charge is -2.32. The fourth-order valence-corrected chi connectivity index (χ4v) is 5.37. The zero-order chi connectivity index (χ0) is 16.8. The first kappa shape index (κ1) is 21.0. The summed E-state index contributed by atoms with van der Waals surface area (Å²) < 4.78 is 0. The van der Waals surface area contributed by atoms with Crippen molar-refractivity contribution in [3.8, 4) is 0 Å². The fourth-order valence-electron chi connectivity index (χ4n) is 5.37. The molecule has 0 spiro atoms. The van der Waals surface area contributed by atoms with Crippen LogP contribution in [0.15, 0.2) is 0 Å². The van der Waals surface area contributed by atoms with Gasteiger partial charge in [-0.2, -0.15) is 0 Å². The molecule has 0 aromatic rings. The van der Waals surface area contributed by atoms with E-state index in [1.165, 1.54) is 38.5 Å². The van der Waals surface area contributed by atoms with Gasteiger partial charge >= 0.3 is 0 Å². The molecule has 3 unspecified atom stereocenters. The van der Waals surface area contributed by atoms with E-state index in [0.29, 0.717) is 5.92 Å². The zero-order valence-electron chi connectivity index (χ0n) is 15.7. The molecule has 2 N–H and O–H groups in total. The Hall–Kier alpha value is -0.0800. The molecule has 3 aliphatic rings. The maximum atomic E-state index is 10.1. The predicted octanol–water partition coefficient (Wildman–Crippen LogP) is 5.41. The van der Waals surface area contributed by atoms with Crippen LogP contribution in [-0.2, 0) is 0 Å². The van der Waals surface area contributed by atoms with Gasteiger partial charge in [0.15, 0.2) is 0 Å². The Morgan fingerprint density at radius 2 is 1.35 bits per heavy atom. The van der Waals surface area contributed by atoms with Gasteiger partial charge in [-0.1, -0.05) is 42.0 Å². The van der Waals surface area contributed by atoms with Crippen LogP contribution in [0.4, 0.5) is 0 Å². The van der Waals surface area contributed by atoms with E-state index in [0.717, 1.165) is 18.3 Å². The Balaban J connectivity index is 0.000000223. The second kappa shape index (κ2) is 7.04. The van der Waals surface area contributed by atoms with E-state index >= 15 is 0 Å². The molecule has 2 heteroatoms. The van der Waals surface area contributed by atoms with Gasteiger partial charge in [0.05, 0.1) is 11.7 Å². The molecule has 0 aromatic carbocycles. The Morgan fingerprint density at radius 1 is 0.870 bits per heavy atom. The summed E-state index contributed by atoms with van der Waals surface area (Å²) in [4.78, 5) is 0. The van der Waals surface area contributed by atoms with Crippen LogP contribution >= 0.6 is 0 Å². The average Bonchev–Trinajstić information content (AvgIpc) is 2.71. The standard InChI is InChI=1S/C11H22O.C9H16O.CH4/c1-8(2)10-4-6-11(7-5-10)9(3)12;1-7(2)8(3)5-4-6-9(7,8)10;/h8-12H,4-7H2,1-3H3;10H,4-6H2,1-3H3;1H4. The molecule has 0 radical (unpaired) electrons. The monoisotopic (exact) mass is 326 g/mol. The predicted molar refractivity (Wildman–Crippen MR) is 99.4 cm³/mol. The van der Waals surface area contributed by atoms with Crippen molar-refractivity contribution in [1.29, 1.82) is 0 Å². The van der Waals surface area contributed by atoms with Gasteiger partial charge in [0.1, 0.15) is 0 Å². The van der Waals surface area contributed by atoms with Gasteiger partial charge in [0, 0.05) is 10.8 Å². The highest BCUT2D eigenvalue weighted by atomic mass is 16.3. The summed E-state index contributed by atoms with van der Waals surface area (Å²) >= 11 is 0. The highest BCUT2D eigenvalue weighted by Gasteiger charge is 2.80. The largest absolute Gasteiger partial charge is 0.393 e. The van der Waals surface area contributed by atoms with E-state index in [4.69, 9.17) is 0 Å². The van der Waals surface area contributed by atoms with Crippen LogP contribution in [0.3, 0.4) is 0 Å². The third kappa shape index (κ3) is 3.35. The van der Waals surface area contributed by atoms with Gasteiger partial charge in [-0.3, -0.25) is 0 Å². The van der Waals surface area contributed by atoms with Gasteiger partial charge in [0.25, 0.3) is 0 Å². The molecule has 0 bridgehead atoms. The number of hydrogen-bond acceptors (Lipinski definition) is 2. The first-order chi connectivity index (χ1) is 10.1. The molecule has 23 heavy (non-hydrogen) atoms. The number of aliphatic hydroxyl groups excluding tert-OH is 1. The lowest BCUT2D eigenvalue weighted by atomic mass is 9.75. The van der Waals surface area contributed by atoms with E-state index in [-0.39, 0.29) is 30.0 Å². The Labute approximate surface area is 145 Å². The highest BCUT2D eigenvalue weighted by molar-refractivity contribution is 5.30. The second-order valence-electron chi connectivity index (χ2n) is 9.33. The quantitative estimate of drug-likeness (QED) is 0.712. The zero-order valence-corrected chi connectivity index (χ0v) is 15.7. The van der Waals surface area contributed by atoms with Gasteiger partial charge in [-0.15, -0.1) is 0 Å². The SMILES string of the molecule is C.CC(C)C1CCC(C(C)O)CC1.CC1(C)C2(C)CCCC12O. The minimum absolute atomic E-state index is 0. The molecule has 3 rings (SSSR count). The summed E-state index contributed by atoms with van der Waals surface area (Å²) in [7, 11) is 0. The molecule has 3 aliphatic carbocycles. The van der Waals surface area contributed by atoms with Crippen molar-refractivity contribution in [3.63, 3.8) is 0 Å². The molecule has 0 aliphatic heterocycles. The van der Waals surface area contributed by atoms with Gasteiger partial charge in [-0.25, -0.2) is 0 Å². The van der Waals surface area contributed by atoms with E-state index < -0.39 is 0 Å².